The summed E-state index contributed by atoms with van der Waals surface area (Å²) >= 11 is 5.83. The quantitative estimate of drug-likeness (QED) is 0.824. The Morgan fingerprint density at radius 1 is 1.09 bits per heavy atom. The Balaban J connectivity index is 1.77. The molecule has 4 heteroatoms. The molecular weight excluding hydrogens is 310 g/mol. The first-order chi connectivity index (χ1) is 11.0. The topological polar surface area (TPSA) is 38.3 Å². The summed E-state index contributed by atoms with van der Waals surface area (Å²) in [4.78, 5) is 12.2. The molecule has 0 saturated carbocycles. The summed E-state index contributed by atoms with van der Waals surface area (Å²) in [6.07, 6.45) is 1.29. The summed E-state index contributed by atoms with van der Waals surface area (Å²) in [5.74, 6) is 0.523. The lowest BCUT2D eigenvalue weighted by molar-refractivity contribution is -0.127. The zero-order valence-electron chi connectivity index (χ0n) is 13.5. The average Bonchev–Trinajstić information content (AvgIpc) is 2.56. The summed E-state index contributed by atoms with van der Waals surface area (Å²) < 4.78 is 5.62. The predicted molar refractivity (Wildman–Crippen MR) is 93.9 cm³/mol. The van der Waals surface area contributed by atoms with E-state index in [1.54, 1.807) is 31.2 Å². The van der Waals surface area contributed by atoms with E-state index in [9.17, 15) is 4.79 Å². The molecule has 0 bridgehead atoms. The van der Waals surface area contributed by atoms with Crippen molar-refractivity contribution >= 4 is 17.5 Å². The monoisotopic (exact) mass is 331 g/mol. The van der Waals surface area contributed by atoms with E-state index in [4.69, 9.17) is 16.3 Å². The van der Waals surface area contributed by atoms with Crippen molar-refractivity contribution in [3.8, 4) is 5.75 Å². The minimum absolute atomic E-state index is 0.0963. The first kappa shape index (κ1) is 17.4. The van der Waals surface area contributed by atoms with E-state index in [1.807, 2.05) is 25.1 Å². The van der Waals surface area contributed by atoms with Gasteiger partial charge in [0.2, 0.25) is 0 Å². The van der Waals surface area contributed by atoms with Crippen LogP contribution in [0, 0.1) is 0 Å². The molecule has 122 valence electrons. The van der Waals surface area contributed by atoms with Crippen molar-refractivity contribution in [2.75, 3.05) is 0 Å². The first-order valence-electron chi connectivity index (χ1n) is 7.81. The second kappa shape index (κ2) is 8.59. The van der Waals surface area contributed by atoms with Crippen LogP contribution in [0.4, 0.5) is 0 Å². The average molecular weight is 332 g/mol. The largest absolute Gasteiger partial charge is 0.481 e. The molecule has 0 aromatic heterocycles. The minimum Gasteiger partial charge on any atom is -0.481 e. The van der Waals surface area contributed by atoms with Crippen LogP contribution in [-0.2, 0) is 11.2 Å². The molecule has 0 fully saturated rings. The van der Waals surface area contributed by atoms with Crippen LogP contribution in [0.3, 0.4) is 0 Å². The van der Waals surface area contributed by atoms with Crippen molar-refractivity contribution in [1.29, 1.82) is 0 Å². The van der Waals surface area contributed by atoms with Gasteiger partial charge in [-0.2, -0.15) is 0 Å². The molecule has 0 aliphatic heterocycles. The molecule has 2 rings (SSSR count). The molecule has 23 heavy (non-hydrogen) atoms. The fourth-order valence-corrected chi connectivity index (χ4v) is 2.36. The maximum atomic E-state index is 12.2. The van der Waals surface area contributed by atoms with Gasteiger partial charge in [-0.05, 0) is 56.5 Å². The van der Waals surface area contributed by atoms with E-state index >= 15 is 0 Å². The number of rotatable bonds is 7. The van der Waals surface area contributed by atoms with Crippen LogP contribution < -0.4 is 10.1 Å². The molecule has 0 heterocycles. The molecule has 0 radical (unpaired) electrons. The maximum Gasteiger partial charge on any atom is 0.260 e. The summed E-state index contributed by atoms with van der Waals surface area (Å²) in [5.41, 5.74) is 1.28. The molecule has 2 atom stereocenters. The van der Waals surface area contributed by atoms with E-state index in [-0.39, 0.29) is 11.9 Å². The SMILES string of the molecule is C[C@H](CCc1ccccc1)NC(=O)[C@@H](C)Oc1ccc(Cl)cc1. The Morgan fingerprint density at radius 2 is 1.74 bits per heavy atom. The van der Waals surface area contributed by atoms with Crippen molar-refractivity contribution in [2.45, 2.75) is 38.8 Å². The van der Waals surface area contributed by atoms with Crippen LogP contribution in [0.2, 0.25) is 5.02 Å². The number of halogens is 1. The second-order valence-electron chi connectivity index (χ2n) is 5.65. The highest BCUT2D eigenvalue weighted by Crippen LogP contribution is 2.17. The molecule has 2 aromatic rings. The van der Waals surface area contributed by atoms with Gasteiger partial charge < -0.3 is 10.1 Å². The van der Waals surface area contributed by atoms with Gasteiger partial charge in [0, 0.05) is 11.1 Å². The van der Waals surface area contributed by atoms with E-state index < -0.39 is 6.10 Å². The number of aryl methyl sites for hydroxylation is 1. The third-order valence-electron chi connectivity index (χ3n) is 3.59. The molecule has 0 spiro atoms. The Labute approximate surface area is 142 Å². The molecule has 2 aromatic carbocycles. The van der Waals surface area contributed by atoms with Gasteiger partial charge in [-0.15, -0.1) is 0 Å². The lowest BCUT2D eigenvalue weighted by atomic mass is 10.1. The van der Waals surface area contributed by atoms with Gasteiger partial charge in [0.25, 0.3) is 5.91 Å². The van der Waals surface area contributed by atoms with Gasteiger partial charge in [-0.3, -0.25) is 4.79 Å². The molecule has 1 amide bonds. The Hall–Kier alpha value is -2.00. The highest BCUT2D eigenvalue weighted by molar-refractivity contribution is 6.30. The van der Waals surface area contributed by atoms with Gasteiger partial charge in [0.15, 0.2) is 6.10 Å². The molecule has 3 nitrogen and oxygen atoms in total. The van der Waals surface area contributed by atoms with Gasteiger partial charge >= 0.3 is 0 Å². The van der Waals surface area contributed by atoms with E-state index in [2.05, 4.69) is 17.4 Å². The van der Waals surface area contributed by atoms with Gasteiger partial charge in [0.05, 0.1) is 0 Å². The van der Waals surface area contributed by atoms with Gasteiger partial charge in [-0.1, -0.05) is 41.9 Å². The van der Waals surface area contributed by atoms with E-state index in [0.717, 1.165) is 12.8 Å². The highest BCUT2D eigenvalue weighted by atomic mass is 35.5. The van der Waals surface area contributed by atoms with Crippen molar-refractivity contribution in [2.24, 2.45) is 0 Å². The fourth-order valence-electron chi connectivity index (χ4n) is 2.23. The highest BCUT2D eigenvalue weighted by Gasteiger charge is 2.16. The van der Waals surface area contributed by atoms with E-state index in [0.29, 0.717) is 10.8 Å². The molecule has 0 saturated heterocycles. The summed E-state index contributed by atoms with van der Waals surface area (Å²) in [6, 6.07) is 17.3. The third-order valence-corrected chi connectivity index (χ3v) is 3.85. The molecule has 1 N–H and O–H groups in total. The van der Waals surface area contributed by atoms with Crippen molar-refractivity contribution in [3.05, 3.63) is 65.2 Å². The minimum atomic E-state index is -0.546. The number of ether oxygens (including phenoxy) is 1. The summed E-state index contributed by atoms with van der Waals surface area (Å²) in [7, 11) is 0. The Kier molecular flexibility index (Phi) is 6.48. The maximum absolute atomic E-state index is 12.2. The van der Waals surface area contributed by atoms with Crippen LogP contribution in [0.15, 0.2) is 54.6 Å². The molecule has 0 unspecified atom stereocenters. The normalized spacial score (nSPS) is 13.2. The number of hydrogen-bond acceptors (Lipinski definition) is 2. The van der Waals surface area contributed by atoms with Crippen LogP contribution in [0.25, 0.3) is 0 Å². The van der Waals surface area contributed by atoms with Crippen LogP contribution in [-0.4, -0.2) is 18.1 Å². The fraction of sp³-hybridized carbons (Fsp3) is 0.316. The first-order valence-corrected chi connectivity index (χ1v) is 8.19. The van der Waals surface area contributed by atoms with Crippen molar-refractivity contribution in [1.82, 2.24) is 5.32 Å². The number of nitrogens with one attached hydrogen (secondary N) is 1. The number of hydrogen-bond donors (Lipinski definition) is 1. The number of amides is 1. The lowest BCUT2D eigenvalue weighted by Crippen LogP contribution is -2.41. The Bertz CT molecular complexity index is 613. The van der Waals surface area contributed by atoms with E-state index in [1.165, 1.54) is 5.56 Å². The second-order valence-corrected chi connectivity index (χ2v) is 6.08. The third kappa shape index (κ3) is 5.95. The number of carbonyl (C=O) groups excluding carboxylic acids is 1. The van der Waals surface area contributed by atoms with Crippen LogP contribution in [0.1, 0.15) is 25.8 Å². The van der Waals surface area contributed by atoms with Crippen LogP contribution >= 0.6 is 11.6 Å². The number of carbonyl (C=O) groups is 1. The summed E-state index contributed by atoms with van der Waals surface area (Å²) in [5, 5.41) is 3.63. The zero-order valence-corrected chi connectivity index (χ0v) is 14.2. The summed E-state index contributed by atoms with van der Waals surface area (Å²) in [6.45, 7) is 3.75. The lowest BCUT2D eigenvalue weighted by Gasteiger charge is -2.19. The molecular formula is C19H22ClNO2. The molecule has 0 aliphatic carbocycles. The van der Waals surface area contributed by atoms with Crippen molar-refractivity contribution in [3.63, 3.8) is 0 Å². The smallest absolute Gasteiger partial charge is 0.260 e. The molecule has 0 aliphatic rings. The van der Waals surface area contributed by atoms with Gasteiger partial charge in [-0.25, -0.2) is 0 Å². The van der Waals surface area contributed by atoms with Crippen molar-refractivity contribution < 1.29 is 9.53 Å². The Morgan fingerprint density at radius 3 is 2.39 bits per heavy atom. The van der Waals surface area contributed by atoms with Crippen LogP contribution in [0.5, 0.6) is 5.75 Å². The van der Waals surface area contributed by atoms with Gasteiger partial charge in [0.1, 0.15) is 5.75 Å². The standard InChI is InChI=1S/C19H22ClNO2/c1-14(8-9-16-6-4-3-5-7-16)21-19(22)15(2)23-18-12-10-17(20)11-13-18/h3-7,10-15H,8-9H2,1-2H3,(H,21,22)/t14-,15-/m1/s1. The zero-order chi connectivity index (χ0) is 16.7. The number of benzene rings is 2. The predicted octanol–water partition coefficient (Wildman–Crippen LogP) is 4.24.